The minimum atomic E-state index is -0.377. The molecule has 0 spiro atoms. The molecule has 3 aromatic rings. The molecule has 3 rings (SSSR count). The number of hydrogen-bond donors (Lipinski definition) is 1. The molecule has 0 fully saturated rings. The first-order valence-electron chi connectivity index (χ1n) is 10.8. The zero-order chi connectivity index (χ0) is 21.7. The summed E-state index contributed by atoms with van der Waals surface area (Å²) in [7, 11) is 0. The Morgan fingerprint density at radius 3 is 2.40 bits per heavy atom. The fourth-order valence-electron chi connectivity index (χ4n) is 3.84. The molecule has 30 heavy (non-hydrogen) atoms. The standard InChI is InChI=1S/C25H32N2O3/c1-17(2)16-19-11-13-20(14-12-19)24(18(3)4)26-23(28)10-7-15-27-21-8-5-6-9-22(21)30-25(27)29/h5-6,8-9,11-14,17-18,24H,7,10,15-16H2,1-4H3,(H,26,28). The third-order valence-electron chi connectivity index (χ3n) is 5.33. The van der Waals surface area contributed by atoms with Crippen LogP contribution in [0.1, 0.15) is 57.7 Å². The first kappa shape index (κ1) is 21.9. The number of aryl methyl sites for hydroxylation is 1. The molecule has 1 heterocycles. The van der Waals surface area contributed by atoms with E-state index in [9.17, 15) is 9.59 Å². The Labute approximate surface area is 178 Å². The van der Waals surface area contributed by atoms with Crippen LogP contribution >= 0.6 is 0 Å². The molecule has 0 aliphatic heterocycles. The van der Waals surface area contributed by atoms with Crippen LogP contribution in [0, 0.1) is 11.8 Å². The van der Waals surface area contributed by atoms with Gasteiger partial charge in [0.15, 0.2) is 5.58 Å². The number of amides is 1. The van der Waals surface area contributed by atoms with Gasteiger partial charge in [0.05, 0.1) is 11.6 Å². The topological polar surface area (TPSA) is 64.2 Å². The van der Waals surface area contributed by atoms with Crippen LogP contribution in [-0.2, 0) is 17.8 Å². The molecule has 2 aromatic carbocycles. The number of rotatable bonds is 9. The van der Waals surface area contributed by atoms with Crippen molar-refractivity contribution in [2.45, 2.75) is 59.5 Å². The molecule has 1 atom stereocenters. The van der Waals surface area contributed by atoms with E-state index >= 15 is 0 Å². The van der Waals surface area contributed by atoms with Gasteiger partial charge in [-0.15, -0.1) is 0 Å². The number of oxazole rings is 1. The minimum Gasteiger partial charge on any atom is -0.408 e. The van der Waals surface area contributed by atoms with Crippen LogP contribution in [0.3, 0.4) is 0 Å². The predicted octanol–water partition coefficient (Wildman–Crippen LogP) is 5.09. The van der Waals surface area contributed by atoms with Crippen LogP contribution in [0.15, 0.2) is 57.7 Å². The number of aromatic nitrogens is 1. The second kappa shape index (κ2) is 9.79. The van der Waals surface area contributed by atoms with E-state index in [0.29, 0.717) is 30.9 Å². The first-order chi connectivity index (χ1) is 14.3. The molecule has 1 aromatic heterocycles. The molecule has 5 heteroatoms. The van der Waals surface area contributed by atoms with Crippen LogP contribution < -0.4 is 11.1 Å². The van der Waals surface area contributed by atoms with Crippen molar-refractivity contribution in [3.05, 3.63) is 70.2 Å². The third-order valence-corrected chi connectivity index (χ3v) is 5.33. The van der Waals surface area contributed by atoms with Gasteiger partial charge >= 0.3 is 5.76 Å². The van der Waals surface area contributed by atoms with Crippen LogP contribution in [0.2, 0.25) is 0 Å². The summed E-state index contributed by atoms with van der Waals surface area (Å²) in [6, 6.07) is 15.9. The van der Waals surface area contributed by atoms with Gasteiger partial charge in [0, 0.05) is 13.0 Å². The molecular weight excluding hydrogens is 376 g/mol. The van der Waals surface area contributed by atoms with Crippen molar-refractivity contribution in [2.24, 2.45) is 11.8 Å². The first-order valence-corrected chi connectivity index (χ1v) is 10.8. The van der Waals surface area contributed by atoms with Crippen LogP contribution in [-0.4, -0.2) is 10.5 Å². The average molecular weight is 409 g/mol. The average Bonchev–Trinajstić information content (AvgIpc) is 3.01. The normalized spacial score (nSPS) is 12.6. The molecule has 0 aliphatic carbocycles. The van der Waals surface area contributed by atoms with Gasteiger partial charge in [0.2, 0.25) is 5.91 Å². The highest BCUT2D eigenvalue weighted by atomic mass is 16.4. The lowest BCUT2D eigenvalue weighted by Gasteiger charge is -2.23. The Morgan fingerprint density at radius 1 is 1.03 bits per heavy atom. The number of nitrogens with zero attached hydrogens (tertiary/aromatic N) is 1. The lowest BCUT2D eigenvalue weighted by molar-refractivity contribution is -0.122. The molecule has 1 N–H and O–H groups in total. The van der Waals surface area contributed by atoms with Crippen LogP contribution in [0.5, 0.6) is 0 Å². The fourth-order valence-corrected chi connectivity index (χ4v) is 3.84. The predicted molar refractivity (Wildman–Crippen MR) is 120 cm³/mol. The molecule has 0 saturated heterocycles. The largest absolute Gasteiger partial charge is 0.419 e. The molecule has 5 nitrogen and oxygen atoms in total. The van der Waals surface area contributed by atoms with Crippen molar-refractivity contribution < 1.29 is 9.21 Å². The quantitative estimate of drug-likeness (QED) is 0.536. The summed E-state index contributed by atoms with van der Waals surface area (Å²) in [5, 5.41) is 3.18. The van der Waals surface area contributed by atoms with Crippen molar-refractivity contribution in [1.82, 2.24) is 9.88 Å². The van der Waals surface area contributed by atoms with E-state index in [4.69, 9.17) is 4.42 Å². The SMILES string of the molecule is CC(C)Cc1ccc(C(NC(=O)CCCn2c(=O)oc3ccccc32)C(C)C)cc1. The molecule has 0 bridgehead atoms. The number of carbonyl (C=O) groups is 1. The van der Waals surface area contributed by atoms with Crippen molar-refractivity contribution in [1.29, 1.82) is 0 Å². The van der Waals surface area contributed by atoms with Crippen molar-refractivity contribution in [3.8, 4) is 0 Å². The van der Waals surface area contributed by atoms with E-state index in [0.717, 1.165) is 17.5 Å². The van der Waals surface area contributed by atoms with Gasteiger partial charge in [0.1, 0.15) is 0 Å². The summed E-state index contributed by atoms with van der Waals surface area (Å²) in [6.07, 6.45) is 2.00. The van der Waals surface area contributed by atoms with Crippen molar-refractivity contribution >= 4 is 17.0 Å². The number of carbonyl (C=O) groups excluding carboxylic acids is 1. The second-order valence-electron chi connectivity index (χ2n) is 8.72. The summed E-state index contributed by atoms with van der Waals surface area (Å²) >= 11 is 0. The van der Waals surface area contributed by atoms with Crippen molar-refractivity contribution in [3.63, 3.8) is 0 Å². The Bertz CT molecular complexity index is 1030. The van der Waals surface area contributed by atoms with Crippen LogP contribution in [0.25, 0.3) is 11.1 Å². The Morgan fingerprint density at radius 2 is 1.73 bits per heavy atom. The Balaban J connectivity index is 1.59. The second-order valence-corrected chi connectivity index (χ2v) is 8.72. The maximum absolute atomic E-state index is 12.6. The van der Waals surface area contributed by atoms with Gasteiger partial charge in [-0.05, 0) is 47.9 Å². The highest BCUT2D eigenvalue weighted by Crippen LogP contribution is 2.23. The third kappa shape index (κ3) is 5.41. The van der Waals surface area contributed by atoms with Gasteiger partial charge in [-0.1, -0.05) is 64.1 Å². The number of nitrogens with one attached hydrogen (secondary N) is 1. The molecule has 0 aliphatic rings. The molecule has 0 radical (unpaired) electrons. The number of hydrogen-bond acceptors (Lipinski definition) is 3. The maximum atomic E-state index is 12.6. The highest BCUT2D eigenvalue weighted by Gasteiger charge is 2.18. The molecular formula is C25H32N2O3. The van der Waals surface area contributed by atoms with E-state index in [1.165, 1.54) is 5.56 Å². The Hall–Kier alpha value is -2.82. The molecule has 1 unspecified atom stereocenters. The van der Waals surface area contributed by atoms with E-state index < -0.39 is 0 Å². The smallest absolute Gasteiger partial charge is 0.408 e. The monoisotopic (exact) mass is 408 g/mol. The van der Waals surface area contributed by atoms with E-state index in [2.05, 4.69) is 57.3 Å². The van der Waals surface area contributed by atoms with Crippen molar-refractivity contribution in [2.75, 3.05) is 0 Å². The van der Waals surface area contributed by atoms with E-state index in [1.807, 2.05) is 18.2 Å². The van der Waals surface area contributed by atoms with Gasteiger partial charge in [-0.2, -0.15) is 0 Å². The molecule has 1 amide bonds. The van der Waals surface area contributed by atoms with Gasteiger partial charge in [-0.25, -0.2) is 4.79 Å². The fraction of sp³-hybridized carbons (Fsp3) is 0.440. The number of para-hydroxylation sites is 2. The van der Waals surface area contributed by atoms with Gasteiger partial charge < -0.3 is 9.73 Å². The van der Waals surface area contributed by atoms with Crippen LogP contribution in [0.4, 0.5) is 0 Å². The highest BCUT2D eigenvalue weighted by molar-refractivity contribution is 5.76. The summed E-state index contributed by atoms with van der Waals surface area (Å²) in [5.41, 5.74) is 3.79. The zero-order valence-corrected chi connectivity index (χ0v) is 18.4. The summed E-state index contributed by atoms with van der Waals surface area (Å²) in [6.45, 7) is 9.12. The lowest BCUT2D eigenvalue weighted by Crippen LogP contribution is -2.31. The maximum Gasteiger partial charge on any atom is 0.419 e. The lowest BCUT2D eigenvalue weighted by atomic mass is 9.93. The zero-order valence-electron chi connectivity index (χ0n) is 18.4. The molecule has 0 saturated carbocycles. The van der Waals surface area contributed by atoms with Gasteiger partial charge in [0.25, 0.3) is 0 Å². The summed E-state index contributed by atoms with van der Waals surface area (Å²) in [4.78, 5) is 24.7. The van der Waals surface area contributed by atoms with E-state index in [-0.39, 0.29) is 23.6 Å². The number of fused-ring (bicyclic) bond motifs is 1. The van der Waals surface area contributed by atoms with E-state index in [1.54, 1.807) is 10.6 Å². The molecule has 160 valence electrons. The number of benzene rings is 2. The van der Waals surface area contributed by atoms with Gasteiger partial charge in [-0.3, -0.25) is 9.36 Å². The summed E-state index contributed by atoms with van der Waals surface area (Å²) in [5.74, 6) is 0.528. The summed E-state index contributed by atoms with van der Waals surface area (Å²) < 4.78 is 6.84. The minimum absolute atomic E-state index is 0.000747. The Kier molecular flexibility index (Phi) is 7.14.